The van der Waals surface area contributed by atoms with E-state index in [1.54, 1.807) is 12.1 Å². The fourth-order valence-electron chi connectivity index (χ4n) is 2.04. The standard InChI is InChI=1S/C15H19N3O4/c1-3-4-5-10(15(20)21)16-14(19)12-8-11(17-18-12)13-7-6-9(2)22-13/h6-8,10H,3-5H2,1-2H3,(H,16,19)(H,17,18)(H,20,21)/t10-/m0/s1. The molecule has 3 N–H and O–H groups in total. The summed E-state index contributed by atoms with van der Waals surface area (Å²) in [6, 6.07) is 4.21. The molecule has 1 atom stereocenters. The minimum absolute atomic E-state index is 0.131. The second-order valence-electron chi connectivity index (χ2n) is 5.08. The number of carbonyl (C=O) groups is 2. The lowest BCUT2D eigenvalue weighted by Gasteiger charge is -2.12. The molecule has 118 valence electrons. The predicted octanol–water partition coefficient (Wildman–Crippen LogP) is 2.35. The fraction of sp³-hybridized carbons (Fsp3) is 0.400. The van der Waals surface area contributed by atoms with Crippen LogP contribution >= 0.6 is 0 Å². The molecule has 0 radical (unpaired) electrons. The third-order valence-corrected chi connectivity index (χ3v) is 3.27. The maximum atomic E-state index is 12.1. The van der Waals surface area contributed by atoms with E-state index in [1.807, 2.05) is 13.8 Å². The number of furan rings is 1. The van der Waals surface area contributed by atoms with Crippen LogP contribution in [0.15, 0.2) is 22.6 Å². The Morgan fingerprint density at radius 3 is 2.82 bits per heavy atom. The molecule has 0 spiro atoms. The molecule has 22 heavy (non-hydrogen) atoms. The Balaban J connectivity index is 2.06. The van der Waals surface area contributed by atoms with Gasteiger partial charge in [-0.05, 0) is 25.5 Å². The average molecular weight is 305 g/mol. The molecular formula is C15H19N3O4. The van der Waals surface area contributed by atoms with Crippen LogP contribution in [-0.2, 0) is 4.79 Å². The van der Waals surface area contributed by atoms with E-state index in [4.69, 9.17) is 9.52 Å². The first kappa shape index (κ1) is 15.8. The lowest BCUT2D eigenvalue weighted by molar-refractivity contribution is -0.139. The molecule has 0 aliphatic heterocycles. The molecule has 0 saturated carbocycles. The second-order valence-corrected chi connectivity index (χ2v) is 5.08. The molecule has 7 nitrogen and oxygen atoms in total. The Bertz CT molecular complexity index is 659. The Hall–Kier alpha value is -2.57. The van der Waals surface area contributed by atoms with Crippen molar-refractivity contribution in [1.29, 1.82) is 0 Å². The highest BCUT2D eigenvalue weighted by atomic mass is 16.4. The van der Waals surface area contributed by atoms with Gasteiger partial charge in [0, 0.05) is 6.07 Å². The van der Waals surface area contributed by atoms with Gasteiger partial charge in [0.2, 0.25) is 0 Å². The average Bonchev–Trinajstić information content (AvgIpc) is 3.11. The SMILES string of the molecule is CCCC[C@H](NC(=O)c1cc(-c2ccc(C)o2)[nH]n1)C(=O)O. The van der Waals surface area contributed by atoms with Crippen molar-refractivity contribution in [3.63, 3.8) is 0 Å². The van der Waals surface area contributed by atoms with Crippen molar-refractivity contribution in [2.45, 2.75) is 39.2 Å². The first-order chi connectivity index (χ1) is 10.5. The van der Waals surface area contributed by atoms with E-state index in [2.05, 4.69) is 15.5 Å². The zero-order valence-corrected chi connectivity index (χ0v) is 12.5. The Morgan fingerprint density at radius 1 is 1.45 bits per heavy atom. The smallest absolute Gasteiger partial charge is 0.326 e. The van der Waals surface area contributed by atoms with Crippen LogP contribution < -0.4 is 5.32 Å². The summed E-state index contributed by atoms with van der Waals surface area (Å²) in [7, 11) is 0. The second kappa shape index (κ2) is 6.93. The number of rotatable bonds is 7. The number of aliphatic carboxylic acids is 1. The number of unbranched alkanes of at least 4 members (excludes halogenated alkanes) is 1. The minimum Gasteiger partial charge on any atom is -0.480 e. The first-order valence-electron chi connectivity index (χ1n) is 7.17. The molecule has 0 fully saturated rings. The van der Waals surface area contributed by atoms with Gasteiger partial charge in [0.25, 0.3) is 5.91 Å². The molecule has 2 rings (SSSR count). The monoisotopic (exact) mass is 305 g/mol. The van der Waals surface area contributed by atoms with Crippen molar-refractivity contribution in [2.75, 3.05) is 0 Å². The van der Waals surface area contributed by atoms with E-state index in [0.29, 0.717) is 17.9 Å². The molecule has 1 amide bonds. The number of hydrogen-bond donors (Lipinski definition) is 3. The van der Waals surface area contributed by atoms with Crippen LogP contribution in [0.3, 0.4) is 0 Å². The number of hydrogen-bond acceptors (Lipinski definition) is 4. The molecule has 0 unspecified atom stereocenters. The number of nitrogens with zero attached hydrogens (tertiary/aromatic N) is 1. The number of carboxylic acids is 1. The van der Waals surface area contributed by atoms with Gasteiger partial charge in [-0.2, -0.15) is 5.10 Å². The van der Waals surface area contributed by atoms with Gasteiger partial charge in [0.05, 0.1) is 0 Å². The first-order valence-corrected chi connectivity index (χ1v) is 7.17. The molecule has 2 heterocycles. The van der Waals surface area contributed by atoms with Gasteiger partial charge in [-0.3, -0.25) is 9.89 Å². The lowest BCUT2D eigenvalue weighted by Crippen LogP contribution is -2.40. The molecule has 0 aliphatic rings. The Kier molecular flexibility index (Phi) is 4.98. The molecule has 0 saturated heterocycles. The summed E-state index contributed by atoms with van der Waals surface area (Å²) in [6.45, 7) is 3.78. The third-order valence-electron chi connectivity index (χ3n) is 3.27. The summed E-state index contributed by atoms with van der Waals surface area (Å²) in [5.41, 5.74) is 0.700. The summed E-state index contributed by atoms with van der Waals surface area (Å²) >= 11 is 0. The highest BCUT2D eigenvalue weighted by Crippen LogP contribution is 2.20. The van der Waals surface area contributed by atoms with Crippen molar-refractivity contribution in [1.82, 2.24) is 15.5 Å². The Labute approximate surface area is 127 Å². The number of aromatic amines is 1. The van der Waals surface area contributed by atoms with E-state index in [0.717, 1.165) is 18.6 Å². The molecule has 0 aliphatic carbocycles. The van der Waals surface area contributed by atoms with E-state index < -0.39 is 17.9 Å². The normalized spacial score (nSPS) is 12.1. The largest absolute Gasteiger partial charge is 0.480 e. The van der Waals surface area contributed by atoms with E-state index in [-0.39, 0.29) is 5.69 Å². The van der Waals surface area contributed by atoms with Gasteiger partial charge in [0.15, 0.2) is 11.5 Å². The topological polar surface area (TPSA) is 108 Å². The van der Waals surface area contributed by atoms with Crippen LogP contribution in [0.5, 0.6) is 0 Å². The molecule has 7 heteroatoms. The van der Waals surface area contributed by atoms with Crippen LogP contribution in [-0.4, -0.2) is 33.2 Å². The summed E-state index contributed by atoms with van der Waals surface area (Å²) < 4.78 is 5.44. The fourth-order valence-corrected chi connectivity index (χ4v) is 2.04. The lowest BCUT2D eigenvalue weighted by atomic mass is 10.1. The molecule has 2 aromatic heterocycles. The summed E-state index contributed by atoms with van der Waals surface area (Å²) in [5.74, 6) is -0.237. The van der Waals surface area contributed by atoms with Gasteiger partial charge in [-0.15, -0.1) is 0 Å². The minimum atomic E-state index is -1.04. The summed E-state index contributed by atoms with van der Waals surface area (Å²) in [4.78, 5) is 23.2. The van der Waals surface area contributed by atoms with E-state index >= 15 is 0 Å². The van der Waals surface area contributed by atoms with Crippen molar-refractivity contribution in [3.05, 3.63) is 29.7 Å². The number of H-pyrrole nitrogens is 1. The third kappa shape index (κ3) is 3.75. The van der Waals surface area contributed by atoms with Crippen molar-refractivity contribution in [2.24, 2.45) is 0 Å². The van der Waals surface area contributed by atoms with Gasteiger partial charge in [0.1, 0.15) is 17.5 Å². The van der Waals surface area contributed by atoms with Crippen LogP contribution in [0.1, 0.15) is 42.4 Å². The van der Waals surface area contributed by atoms with E-state index in [9.17, 15) is 9.59 Å². The molecule has 0 aromatic carbocycles. The van der Waals surface area contributed by atoms with Gasteiger partial charge in [-0.1, -0.05) is 19.8 Å². The molecule has 0 bridgehead atoms. The van der Waals surface area contributed by atoms with Gasteiger partial charge < -0.3 is 14.8 Å². The van der Waals surface area contributed by atoms with Crippen LogP contribution in [0.4, 0.5) is 0 Å². The quantitative estimate of drug-likeness (QED) is 0.727. The predicted molar refractivity (Wildman–Crippen MR) is 79.4 cm³/mol. The Morgan fingerprint density at radius 2 is 2.23 bits per heavy atom. The number of carboxylic acid groups (broad SMARTS) is 1. The number of aromatic nitrogens is 2. The van der Waals surface area contributed by atoms with Crippen molar-refractivity contribution >= 4 is 11.9 Å². The highest BCUT2D eigenvalue weighted by Gasteiger charge is 2.21. The van der Waals surface area contributed by atoms with E-state index in [1.165, 1.54) is 6.07 Å². The number of aryl methyl sites for hydroxylation is 1. The molecular weight excluding hydrogens is 286 g/mol. The van der Waals surface area contributed by atoms with Crippen LogP contribution in [0.2, 0.25) is 0 Å². The van der Waals surface area contributed by atoms with Crippen LogP contribution in [0, 0.1) is 6.92 Å². The number of carbonyl (C=O) groups excluding carboxylic acids is 1. The maximum Gasteiger partial charge on any atom is 0.326 e. The number of nitrogens with one attached hydrogen (secondary N) is 2. The summed E-state index contributed by atoms with van der Waals surface area (Å²) in [6.07, 6.45) is 1.99. The van der Waals surface area contributed by atoms with Crippen molar-refractivity contribution < 1.29 is 19.1 Å². The number of amides is 1. The van der Waals surface area contributed by atoms with Crippen molar-refractivity contribution in [3.8, 4) is 11.5 Å². The maximum absolute atomic E-state index is 12.1. The summed E-state index contributed by atoms with van der Waals surface area (Å²) in [5, 5.41) is 18.2. The zero-order valence-electron chi connectivity index (χ0n) is 12.5. The van der Waals surface area contributed by atoms with Gasteiger partial charge >= 0.3 is 5.97 Å². The highest BCUT2D eigenvalue weighted by molar-refractivity contribution is 5.95. The molecule has 2 aromatic rings. The van der Waals surface area contributed by atoms with Gasteiger partial charge in [-0.25, -0.2) is 4.79 Å². The van der Waals surface area contributed by atoms with Crippen LogP contribution in [0.25, 0.3) is 11.5 Å². The zero-order chi connectivity index (χ0) is 16.1.